The van der Waals surface area contributed by atoms with Gasteiger partial charge in [0.1, 0.15) is 10.6 Å². The van der Waals surface area contributed by atoms with Crippen molar-refractivity contribution >= 4 is 45.3 Å². The molecule has 0 aliphatic rings. The van der Waals surface area contributed by atoms with E-state index in [2.05, 4.69) is 10.6 Å². The Morgan fingerprint density at radius 1 is 1.21 bits per heavy atom. The van der Waals surface area contributed by atoms with Gasteiger partial charge in [-0.1, -0.05) is 12.1 Å². The lowest BCUT2D eigenvalue weighted by molar-refractivity contribution is 0.0531. The summed E-state index contributed by atoms with van der Waals surface area (Å²) in [5.41, 5.74) is 1.65. The number of benzene rings is 1. The third-order valence-corrected chi connectivity index (χ3v) is 4.39. The van der Waals surface area contributed by atoms with Crippen LogP contribution in [0.3, 0.4) is 0 Å². The third kappa shape index (κ3) is 4.69. The third-order valence-electron chi connectivity index (χ3n) is 3.05. The van der Waals surface area contributed by atoms with Gasteiger partial charge in [-0.15, -0.1) is 11.3 Å². The topological polar surface area (TPSA) is 59.6 Å². The van der Waals surface area contributed by atoms with E-state index in [1.54, 1.807) is 6.92 Å². The molecule has 0 amide bonds. The molecule has 1 aromatic heterocycles. The Labute approximate surface area is 151 Å². The fourth-order valence-electron chi connectivity index (χ4n) is 2.06. The van der Waals surface area contributed by atoms with Gasteiger partial charge in [0.25, 0.3) is 0 Å². The Morgan fingerprint density at radius 3 is 2.67 bits per heavy atom. The SMILES string of the molecule is CCOC(=O)c1sc(NC(=S)Nc2ccccc2OCC)cc1C. The van der Waals surface area contributed by atoms with Gasteiger partial charge in [-0.25, -0.2) is 4.79 Å². The van der Waals surface area contributed by atoms with Crippen molar-refractivity contribution in [2.24, 2.45) is 0 Å². The van der Waals surface area contributed by atoms with Crippen LogP contribution in [0.1, 0.15) is 29.1 Å². The molecule has 0 unspecified atom stereocenters. The Kier molecular flexibility index (Phi) is 6.57. The zero-order valence-corrected chi connectivity index (χ0v) is 15.5. The average Bonchev–Trinajstić information content (AvgIpc) is 2.90. The second kappa shape index (κ2) is 8.65. The summed E-state index contributed by atoms with van der Waals surface area (Å²) in [6.45, 7) is 6.52. The molecule has 0 saturated heterocycles. The molecule has 2 N–H and O–H groups in total. The molecule has 2 aromatic rings. The first-order valence-electron chi connectivity index (χ1n) is 7.62. The van der Waals surface area contributed by atoms with Crippen LogP contribution in [0.15, 0.2) is 30.3 Å². The molecule has 0 aliphatic carbocycles. The lowest BCUT2D eigenvalue weighted by atomic mass is 10.3. The highest BCUT2D eigenvalue weighted by atomic mass is 32.1. The molecule has 0 radical (unpaired) electrons. The predicted molar refractivity (Wildman–Crippen MR) is 102 cm³/mol. The number of thiocarbonyl (C=S) groups is 1. The summed E-state index contributed by atoms with van der Waals surface area (Å²) in [6.07, 6.45) is 0. The van der Waals surface area contributed by atoms with Gasteiger partial charge in [0, 0.05) is 0 Å². The molecule has 0 saturated carbocycles. The molecule has 2 rings (SSSR count). The molecule has 1 heterocycles. The van der Waals surface area contributed by atoms with Crippen molar-refractivity contribution in [1.82, 2.24) is 0 Å². The van der Waals surface area contributed by atoms with Gasteiger partial charge >= 0.3 is 5.97 Å². The van der Waals surface area contributed by atoms with E-state index < -0.39 is 0 Å². The predicted octanol–water partition coefficient (Wildman–Crippen LogP) is 4.44. The minimum atomic E-state index is -0.311. The number of thiophene rings is 1. The fourth-order valence-corrected chi connectivity index (χ4v) is 3.32. The highest BCUT2D eigenvalue weighted by molar-refractivity contribution is 7.80. The van der Waals surface area contributed by atoms with E-state index in [1.807, 2.05) is 44.2 Å². The molecule has 128 valence electrons. The molecule has 0 aliphatic heterocycles. The summed E-state index contributed by atoms with van der Waals surface area (Å²) in [4.78, 5) is 12.4. The van der Waals surface area contributed by atoms with Gasteiger partial charge in [0.2, 0.25) is 0 Å². The van der Waals surface area contributed by atoms with Crippen molar-refractivity contribution in [2.45, 2.75) is 20.8 Å². The quantitative estimate of drug-likeness (QED) is 0.584. The lowest BCUT2D eigenvalue weighted by Crippen LogP contribution is -2.19. The molecular weight excluding hydrogens is 344 g/mol. The van der Waals surface area contributed by atoms with E-state index in [9.17, 15) is 4.79 Å². The molecular formula is C17H20N2O3S2. The summed E-state index contributed by atoms with van der Waals surface area (Å²) < 4.78 is 10.6. The van der Waals surface area contributed by atoms with Gasteiger partial charge in [-0.3, -0.25) is 0 Å². The maximum atomic E-state index is 11.9. The van der Waals surface area contributed by atoms with Crippen LogP contribution in [0.5, 0.6) is 5.75 Å². The Morgan fingerprint density at radius 2 is 1.96 bits per heavy atom. The van der Waals surface area contributed by atoms with Crippen molar-refractivity contribution in [3.05, 3.63) is 40.8 Å². The van der Waals surface area contributed by atoms with Gasteiger partial charge in [-0.2, -0.15) is 0 Å². The number of hydrogen-bond acceptors (Lipinski definition) is 5. The minimum Gasteiger partial charge on any atom is -0.492 e. The van der Waals surface area contributed by atoms with Crippen LogP contribution in [-0.2, 0) is 4.74 Å². The number of hydrogen-bond donors (Lipinski definition) is 2. The monoisotopic (exact) mass is 364 g/mol. The first-order chi connectivity index (χ1) is 11.5. The number of nitrogens with one attached hydrogen (secondary N) is 2. The normalized spacial score (nSPS) is 10.1. The fraction of sp³-hybridized carbons (Fsp3) is 0.294. The van der Waals surface area contributed by atoms with Crippen LogP contribution in [0, 0.1) is 6.92 Å². The van der Waals surface area contributed by atoms with Crippen molar-refractivity contribution in [3.63, 3.8) is 0 Å². The molecule has 24 heavy (non-hydrogen) atoms. The second-order valence-electron chi connectivity index (χ2n) is 4.85. The Hall–Kier alpha value is -2.12. The van der Waals surface area contributed by atoms with Crippen LogP contribution >= 0.6 is 23.6 Å². The van der Waals surface area contributed by atoms with E-state index >= 15 is 0 Å². The number of ether oxygens (including phenoxy) is 2. The molecule has 0 fully saturated rings. The first kappa shape index (κ1) is 18.2. The summed E-state index contributed by atoms with van der Waals surface area (Å²) in [7, 11) is 0. The second-order valence-corrected chi connectivity index (χ2v) is 6.31. The van der Waals surface area contributed by atoms with Crippen LogP contribution in [0.25, 0.3) is 0 Å². The highest BCUT2D eigenvalue weighted by Crippen LogP contribution is 2.28. The van der Waals surface area contributed by atoms with Gasteiger partial charge in [-0.05, 0) is 56.8 Å². The van der Waals surface area contributed by atoms with Crippen LogP contribution in [0.4, 0.5) is 10.7 Å². The van der Waals surface area contributed by atoms with Crippen molar-refractivity contribution < 1.29 is 14.3 Å². The van der Waals surface area contributed by atoms with Gasteiger partial charge < -0.3 is 20.1 Å². The number of esters is 1. The molecule has 0 spiro atoms. The lowest BCUT2D eigenvalue weighted by Gasteiger charge is -2.13. The maximum Gasteiger partial charge on any atom is 0.348 e. The summed E-state index contributed by atoms with van der Waals surface area (Å²) >= 11 is 6.66. The largest absolute Gasteiger partial charge is 0.492 e. The number of anilines is 2. The van der Waals surface area contributed by atoms with Gasteiger partial charge in [0.15, 0.2) is 5.11 Å². The zero-order chi connectivity index (χ0) is 17.5. The standard InChI is InChI=1S/C17H20N2O3S2/c1-4-21-13-9-7-6-8-12(13)18-17(23)19-14-10-11(3)15(24-14)16(20)22-5-2/h6-10H,4-5H2,1-3H3,(H2,18,19,23). The van der Waals surface area contributed by atoms with Gasteiger partial charge in [0.05, 0.1) is 23.9 Å². The molecule has 5 nitrogen and oxygen atoms in total. The zero-order valence-electron chi connectivity index (χ0n) is 13.8. The Bertz CT molecular complexity index is 728. The van der Waals surface area contributed by atoms with E-state index in [-0.39, 0.29) is 5.97 Å². The average molecular weight is 364 g/mol. The number of aryl methyl sites for hydroxylation is 1. The first-order valence-corrected chi connectivity index (χ1v) is 8.85. The van der Waals surface area contributed by atoms with Crippen molar-refractivity contribution in [2.75, 3.05) is 23.8 Å². The van der Waals surface area contributed by atoms with Crippen LogP contribution in [0.2, 0.25) is 0 Å². The van der Waals surface area contributed by atoms with Crippen LogP contribution in [-0.4, -0.2) is 24.3 Å². The summed E-state index contributed by atoms with van der Waals surface area (Å²) in [6, 6.07) is 9.45. The number of para-hydroxylation sites is 2. The van der Waals surface area contributed by atoms with E-state index in [1.165, 1.54) is 11.3 Å². The number of rotatable bonds is 6. The smallest absolute Gasteiger partial charge is 0.348 e. The number of carbonyl (C=O) groups is 1. The summed E-state index contributed by atoms with van der Waals surface area (Å²) in [5, 5.41) is 7.42. The highest BCUT2D eigenvalue weighted by Gasteiger charge is 2.15. The minimum absolute atomic E-state index is 0.311. The Balaban J connectivity index is 2.05. The summed E-state index contributed by atoms with van der Waals surface area (Å²) in [5.74, 6) is 0.423. The van der Waals surface area contributed by atoms with E-state index in [0.29, 0.717) is 23.2 Å². The van der Waals surface area contributed by atoms with Crippen molar-refractivity contribution in [1.29, 1.82) is 0 Å². The van der Waals surface area contributed by atoms with E-state index in [4.69, 9.17) is 21.7 Å². The molecule has 0 atom stereocenters. The van der Waals surface area contributed by atoms with E-state index in [0.717, 1.165) is 22.0 Å². The number of carbonyl (C=O) groups excluding carboxylic acids is 1. The molecule has 7 heteroatoms. The maximum absolute atomic E-state index is 11.9. The molecule has 0 bridgehead atoms. The molecule has 1 aromatic carbocycles. The van der Waals surface area contributed by atoms with Crippen LogP contribution < -0.4 is 15.4 Å². The van der Waals surface area contributed by atoms with Crippen molar-refractivity contribution in [3.8, 4) is 5.75 Å².